The Kier molecular flexibility index (Phi) is 7.14. The molecule has 2 aromatic carbocycles. The second kappa shape index (κ2) is 10.5. The van der Waals surface area contributed by atoms with Gasteiger partial charge in [-0.25, -0.2) is 13.1 Å². The first-order chi connectivity index (χ1) is 18.7. The van der Waals surface area contributed by atoms with E-state index < -0.39 is 22.0 Å². The Labute approximate surface area is 235 Å². The average Bonchev–Trinajstić information content (AvgIpc) is 3.04. The first-order valence-electron chi connectivity index (χ1n) is 13.9. The number of halogens is 1. The standard InChI is InChI=1S/C30H35ClN2O5S/c31-24-9-10-26-21(14-24)4-3-12-30(26)18-33-17-23-7-6-20(23)15-25(34)5-1-2-13-39(36,37)32-29(35)22-8-11-28(38-19-30)27(33)16-22/h1,5,8-11,14,16,20,23,25,34H,2-4,6-7,12-13,15,17-19H2,(H,32,35)/b5-1+/t20-,23-,25-,30-/m0/s1. The van der Waals surface area contributed by atoms with Crippen molar-refractivity contribution in [3.8, 4) is 5.75 Å². The molecule has 0 aromatic heterocycles. The lowest BCUT2D eigenvalue weighted by Crippen LogP contribution is -2.48. The summed E-state index contributed by atoms with van der Waals surface area (Å²) in [5, 5.41) is 11.4. The molecule has 7 nitrogen and oxygen atoms in total. The number of hydrogen-bond donors (Lipinski definition) is 2. The number of hydrogen-bond acceptors (Lipinski definition) is 6. The third kappa shape index (κ3) is 5.43. The Balaban J connectivity index is 1.41. The van der Waals surface area contributed by atoms with Crippen molar-refractivity contribution in [1.29, 1.82) is 0 Å². The Hall–Kier alpha value is -2.55. The van der Waals surface area contributed by atoms with Gasteiger partial charge in [-0.2, -0.15) is 0 Å². The van der Waals surface area contributed by atoms with Gasteiger partial charge in [-0.3, -0.25) is 4.79 Å². The van der Waals surface area contributed by atoms with Crippen molar-refractivity contribution in [2.75, 3.05) is 30.3 Å². The number of aliphatic hydroxyl groups is 1. The minimum Gasteiger partial charge on any atom is -0.490 e. The molecule has 4 aliphatic rings. The molecule has 0 unspecified atom stereocenters. The van der Waals surface area contributed by atoms with Crippen LogP contribution in [0, 0.1) is 11.8 Å². The maximum absolute atomic E-state index is 13.0. The highest BCUT2D eigenvalue weighted by Crippen LogP contribution is 2.46. The molecule has 2 aliphatic heterocycles. The van der Waals surface area contributed by atoms with Crippen molar-refractivity contribution < 1.29 is 23.1 Å². The van der Waals surface area contributed by atoms with Crippen LogP contribution in [0.2, 0.25) is 5.02 Å². The lowest BCUT2D eigenvalue weighted by molar-refractivity contribution is 0.0980. The molecule has 6 rings (SSSR count). The first kappa shape index (κ1) is 26.7. The van der Waals surface area contributed by atoms with Gasteiger partial charge in [0.05, 0.1) is 24.2 Å². The lowest BCUT2D eigenvalue weighted by atomic mass is 9.68. The second-order valence-corrected chi connectivity index (χ2v) is 13.9. The predicted octanol–water partition coefficient (Wildman–Crippen LogP) is 4.61. The number of benzene rings is 2. The molecule has 1 spiro atoms. The topological polar surface area (TPSA) is 95.9 Å². The van der Waals surface area contributed by atoms with E-state index in [1.165, 1.54) is 11.1 Å². The van der Waals surface area contributed by atoms with E-state index in [9.17, 15) is 18.3 Å². The van der Waals surface area contributed by atoms with E-state index >= 15 is 0 Å². The molecule has 2 bridgehead atoms. The summed E-state index contributed by atoms with van der Waals surface area (Å²) in [7, 11) is -3.82. The summed E-state index contributed by atoms with van der Waals surface area (Å²) in [5.74, 6) is 0.628. The average molecular weight is 571 g/mol. The number of ether oxygens (including phenoxy) is 1. The third-order valence-electron chi connectivity index (χ3n) is 9.03. The minimum atomic E-state index is -3.82. The van der Waals surface area contributed by atoms with Crippen molar-refractivity contribution >= 4 is 33.2 Å². The Morgan fingerprint density at radius 1 is 1.13 bits per heavy atom. The highest BCUT2D eigenvalue weighted by molar-refractivity contribution is 7.90. The largest absolute Gasteiger partial charge is 0.490 e. The van der Waals surface area contributed by atoms with Gasteiger partial charge in [0.15, 0.2) is 0 Å². The quantitative estimate of drug-likeness (QED) is 0.449. The molecule has 1 saturated carbocycles. The first-order valence-corrected chi connectivity index (χ1v) is 15.9. The van der Waals surface area contributed by atoms with Crippen LogP contribution in [0.3, 0.4) is 0 Å². The third-order valence-corrected chi connectivity index (χ3v) is 10.5. The molecule has 0 radical (unpaired) electrons. The van der Waals surface area contributed by atoms with Crippen molar-refractivity contribution in [3.05, 3.63) is 70.3 Å². The van der Waals surface area contributed by atoms with Crippen LogP contribution in [0.4, 0.5) is 5.69 Å². The van der Waals surface area contributed by atoms with Crippen molar-refractivity contribution in [1.82, 2.24) is 4.72 Å². The van der Waals surface area contributed by atoms with Crippen molar-refractivity contribution in [2.24, 2.45) is 11.8 Å². The van der Waals surface area contributed by atoms with Gasteiger partial charge in [-0.15, -0.1) is 0 Å². The second-order valence-electron chi connectivity index (χ2n) is 11.7. The van der Waals surface area contributed by atoms with Gasteiger partial charge >= 0.3 is 0 Å². The number of fused-ring (bicyclic) bond motifs is 4. The number of anilines is 1. The van der Waals surface area contributed by atoms with E-state index in [1.807, 2.05) is 6.07 Å². The fraction of sp³-hybridized carbons (Fsp3) is 0.500. The monoisotopic (exact) mass is 570 g/mol. The number of carbonyl (C=O) groups is 1. The van der Waals surface area contributed by atoms with E-state index in [0.717, 1.165) is 55.9 Å². The van der Waals surface area contributed by atoms with Crippen LogP contribution >= 0.6 is 11.6 Å². The maximum Gasteiger partial charge on any atom is 0.264 e. The van der Waals surface area contributed by atoms with Gasteiger partial charge in [-0.1, -0.05) is 29.8 Å². The molecule has 2 heterocycles. The zero-order valence-corrected chi connectivity index (χ0v) is 23.5. The fourth-order valence-corrected chi connectivity index (χ4v) is 7.99. The number of amides is 1. The van der Waals surface area contributed by atoms with Crippen LogP contribution < -0.4 is 14.4 Å². The van der Waals surface area contributed by atoms with Gasteiger partial charge in [0, 0.05) is 29.1 Å². The van der Waals surface area contributed by atoms with E-state index in [4.69, 9.17) is 16.3 Å². The Bertz CT molecular complexity index is 1410. The molecule has 208 valence electrons. The summed E-state index contributed by atoms with van der Waals surface area (Å²) in [6, 6.07) is 11.4. The smallest absolute Gasteiger partial charge is 0.264 e. The summed E-state index contributed by atoms with van der Waals surface area (Å²) < 4.78 is 33.9. The number of carbonyl (C=O) groups excluding carboxylic acids is 1. The molecule has 2 aliphatic carbocycles. The lowest BCUT2D eigenvalue weighted by Gasteiger charge is -2.45. The highest BCUT2D eigenvalue weighted by Gasteiger charge is 2.43. The van der Waals surface area contributed by atoms with Gasteiger partial charge in [-0.05, 0) is 98.2 Å². The minimum absolute atomic E-state index is 0.222. The Morgan fingerprint density at radius 2 is 1.97 bits per heavy atom. The molecule has 1 fully saturated rings. The number of rotatable bonds is 0. The van der Waals surface area contributed by atoms with E-state index in [-0.39, 0.29) is 17.6 Å². The summed E-state index contributed by atoms with van der Waals surface area (Å²) >= 11 is 6.36. The van der Waals surface area contributed by atoms with Crippen molar-refractivity contribution in [3.63, 3.8) is 0 Å². The summed E-state index contributed by atoms with van der Waals surface area (Å²) in [5.41, 5.74) is 3.41. The zero-order chi connectivity index (χ0) is 27.2. The van der Waals surface area contributed by atoms with E-state index in [0.29, 0.717) is 36.2 Å². The highest BCUT2D eigenvalue weighted by atomic mass is 35.5. The molecule has 39 heavy (non-hydrogen) atoms. The molecule has 4 atom stereocenters. The van der Waals surface area contributed by atoms with Crippen LogP contribution in [-0.2, 0) is 21.9 Å². The number of allylic oxidation sites excluding steroid dienone is 1. The normalized spacial score (nSPS) is 31.1. The number of nitrogens with one attached hydrogen (secondary N) is 1. The van der Waals surface area contributed by atoms with Crippen LogP contribution in [-0.4, -0.2) is 51.0 Å². The summed E-state index contributed by atoms with van der Waals surface area (Å²) in [6.07, 6.45) is 8.83. The van der Waals surface area contributed by atoms with E-state index in [1.54, 1.807) is 30.4 Å². The van der Waals surface area contributed by atoms with Gasteiger partial charge in [0.2, 0.25) is 10.0 Å². The molecule has 2 aromatic rings. The number of sulfonamides is 1. The van der Waals surface area contributed by atoms with Crippen LogP contribution in [0.15, 0.2) is 48.6 Å². The molecule has 1 amide bonds. The predicted molar refractivity (Wildman–Crippen MR) is 152 cm³/mol. The molecular formula is C30H35ClN2O5S. The van der Waals surface area contributed by atoms with Crippen LogP contribution in [0.1, 0.15) is 60.0 Å². The zero-order valence-electron chi connectivity index (χ0n) is 21.9. The fourth-order valence-electron chi connectivity index (χ4n) is 6.84. The SMILES string of the molecule is O=C1NS(=O)(=O)CC/C=C/[C@H](O)C[C@@H]2CC[C@H]2CN2C[C@@]3(CCCc4cc(Cl)ccc43)COc3ccc1cc32. The van der Waals surface area contributed by atoms with Gasteiger partial charge in [0.1, 0.15) is 5.75 Å². The summed E-state index contributed by atoms with van der Waals surface area (Å²) in [6.45, 7) is 2.03. The summed E-state index contributed by atoms with van der Waals surface area (Å²) in [4.78, 5) is 15.4. The van der Waals surface area contributed by atoms with Crippen LogP contribution in [0.25, 0.3) is 0 Å². The van der Waals surface area contributed by atoms with Crippen molar-refractivity contribution in [2.45, 2.75) is 56.5 Å². The molecule has 9 heteroatoms. The van der Waals surface area contributed by atoms with E-state index in [2.05, 4.69) is 21.8 Å². The van der Waals surface area contributed by atoms with Gasteiger partial charge < -0.3 is 14.7 Å². The van der Waals surface area contributed by atoms with Gasteiger partial charge in [0.25, 0.3) is 5.91 Å². The number of nitrogens with zero attached hydrogens (tertiary/aromatic N) is 1. The molecule has 2 N–H and O–H groups in total. The number of aliphatic hydroxyl groups excluding tert-OH is 1. The Morgan fingerprint density at radius 3 is 2.79 bits per heavy atom. The number of aryl methyl sites for hydroxylation is 1. The van der Waals surface area contributed by atoms with Crippen LogP contribution in [0.5, 0.6) is 5.75 Å². The molecular weight excluding hydrogens is 536 g/mol. The molecule has 0 saturated heterocycles. The maximum atomic E-state index is 13.0.